The molecule has 0 spiro atoms. The number of hydrogen-bond acceptors (Lipinski definition) is 2. The van der Waals surface area contributed by atoms with Crippen molar-refractivity contribution in [1.82, 2.24) is 4.98 Å². The third-order valence-corrected chi connectivity index (χ3v) is 3.24. The summed E-state index contributed by atoms with van der Waals surface area (Å²) in [6, 6.07) is 14.8. The maximum atomic E-state index is 11.9. The van der Waals surface area contributed by atoms with E-state index >= 15 is 0 Å². The standard InChI is InChI=1S/C14H8BrNO/c15-9-3-1-4-10-11(8-7-9)16-12-5-2-6-13(17)14(10)12/h1-8H. The first-order valence-electron chi connectivity index (χ1n) is 5.24. The maximum Gasteiger partial charge on any atom is 0.188 e. The van der Waals surface area contributed by atoms with E-state index in [1.165, 1.54) is 0 Å². The second-order valence-corrected chi connectivity index (χ2v) is 4.72. The number of rotatable bonds is 0. The molecule has 3 heteroatoms. The summed E-state index contributed by atoms with van der Waals surface area (Å²) in [5, 5.41) is 0. The van der Waals surface area contributed by atoms with Gasteiger partial charge in [-0.1, -0.05) is 34.1 Å². The van der Waals surface area contributed by atoms with Crippen molar-refractivity contribution in [2.24, 2.45) is 0 Å². The van der Waals surface area contributed by atoms with Crippen LogP contribution in [0.15, 0.2) is 57.8 Å². The highest BCUT2D eigenvalue weighted by molar-refractivity contribution is 9.10. The molecule has 3 rings (SSSR count). The van der Waals surface area contributed by atoms with Crippen molar-refractivity contribution in [1.29, 1.82) is 0 Å². The van der Waals surface area contributed by atoms with Gasteiger partial charge in [0.15, 0.2) is 5.43 Å². The molecule has 82 valence electrons. The van der Waals surface area contributed by atoms with Gasteiger partial charge in [0.05, 0.1) is 17.0 Å². The van der Waals surface area contributed by atoms with Gasteiger partial charge in [0.25, 0.3) is 0 Å². The molecule has 2 aliphatic carbocycles. The first-order valence-corrected chi connectivity index (χ1v) is 6.03. The second-order valence-electron chi connectivity index (χ2n) is 3.80. The molecule has 0 atom stereocenters. The summed E-state index contributed by atoms with van der Waals surface area (Å²) in [5.74, 6) is 0. The first kappa shape index (κ1) is 10.4. The minimum absolute atomic E-state index is 0.0259. The molecule has 0 unspecified atom stereocenters. The summed E-state index contributed by atoms with van der Waals surface area (Å²) in [4.78, 5) is 16.3. The van der Waals surface area contributed by atoms with E-state index in [0.29, 0.717) is 5.56 Å². The lowest BCUT2D eigenvalue weighted by Crippen LogP contribution is -2.01. The lowest BCUT2D eigenvalue weighted by Gasteiger charge is -1.95. The van der Waals surface area contributed by atoms with Crippen molar-refractivity contribution in [3.63, 3.8) is 0 Å². The van der Waals surface area contributed by atoms with Gasteiger partial charge >= 0.3 is 0 Å². The van der Waals surface area contributed by atoms with Crippen molar-refractivity contribution in [2.45, 2.75) is 0 Å². The van der Waals surface area contributed by atoms with Crippen molar-refractivity contribution < 1.29 is 0 Å². The second kappa shape index (κ2) is 3.93. The molecule has 0 aromatic heterocycles. The van der Waals surface area contributed by atoms with E-state index in [0.717, 1.165) is 21.4 Å². The molecule has 0 bridgehead atoms. The predicted octanol–water partition coefficient (Wildman–Crippen LogP) is 3.41. The molecule has 0 fully saturated rings. The molecule has 17 heavy (non-hydrogen) atoms. The molecule has 0 aromatic rings. The van der Waals surface area contributed by atoms with E-state index in [1.54, 1.807) is 12.1 Å². The molecule has 2 nitrogen and oxygen atoms in total. The van der Waals surface area contributed by atoms with Gasteiger partial charge in [-0.2, -0.15) is 0 Å². The number of fused-ring (bicyclic) bond motifs is 3. The van der Waals surface area contributed by atoms with Crippen LogP contribution in [0, 0.1) is 0 Å². The first-order chi connectivity index (χ1) is 8.25. The van der Waals surface area contributed by atoms with Gasteiger partial charge in [0.2, 0.25) is 0 Å². The van der Waals surface area contributed by atoms with Gasteiger partial charge in [-0.05, 0) is 30.3 Å². The molecule has 0 aromatic carbocycles. The minimum atomic E-state index is 0.0259. The lowest BCUT2D eigenvalue weighted by molar-refractivity contribution is 1.40. The van der Waals surface area contributed by atoms with Gasteiger partial charge in [0.1, 0.15) is 0 Å². The van der Waals surface area contributed by atoms with Crippen LogP contribution in [-0.2, 0) is 0 Å². The quantitative estimate of drug-likeness (QED) is 0.634. The van der Waals surface area contributed by atoms with Crippen molar-refractivity contribution >= 4 is 15.9 Å². The van der Waals surface area contributed by atoms with Crippen molar-refractivity contribution in [2.75, 3.05) is 0 Å². The fourth-order valence-corrected chi connectivity index (χ4v) is 2.23. The zero-order chi connectivity index (χ0) is 11.8. The maximum absolute atomic E-state index is 11.9. The molecule has 0 amide bonds. The van der Waals surface area contributed by atoms with E-state index in [4.69, 9.17) is 0 Å². The Balaban J connectivity index is 2.47. The molecule has 3 aliphatic rings. The fraction of sp³-hybridized carbons (Fsp3) is 0. The van der Waals surface area contributed by atoms with Gasteiger partial charge in [0, 0.05) is 10.0 Å². The smallest absolute Gasteiger partial charge is 0.188 e. The highest BCUT2D eigenvalue weighted by Gasteiger charge is 2.17. The Morgan fingerprint density at radius 2 is 1.71 bits per heavy atom. The Bertz CT molecular complexity index is 695. The van der Waals surface area contributed by atoms with Crippen molar-refractivity contribution in [3.8, 4) is 22.5 Å². The van der Waals surface area contributed by atoms with Crippen LogP contribution in [-0.4, -0.2) is 4.98 Å². The average molecular weight is 286 g/mol. The fourth-order valence-electron chi connectivity index (χ4n) is 1.95. The Labute approximate surface area is 107 Å². The van der Waals surface area contributed by atoms with Crippen LogP contribution in [0.1, 0.15) is 0 Å². The van der Waals surface area contributed by atoms with E-state index in [2.05, 4.69) is 20.9 Å². The lowest BCUT2D eigenvalue weighted by atomic mass is 10.0. The predicted molar refractivity (Wildman–Crippen MR) is 71.5 cm³/mol. The van der Waals surface area contributed by atoms with Gasteiger partial charge in [-0.25, -0.2) is 4.98 Å². The zero-order valence-corrected chi connectivity index (χ0v) is 10.4. The molecule has 1 aliphatic heterocycles. The Morgan fingerprint density at radius 1 is 0.882 bits per heavy atom. The van der Waals surface area contributed by atoms with Crippen LogP contribution in [0.2, 0.25) is 0 Å². The largest absolute Gasteiger partial charge is 0.289 e. The zero-order valence-electron chi connectivity index (χ0n) is 8.85. The Morgan fingerprint density at radius 3 is 2.59 bits per heavy atom. The third kappa shape index (κ3) is 1.72. The molecule has 0 saturated heterocycles. The summed E-state index contributed by atoms with van der Waals surface area (Å²) in [6.45, 7) is 0. The minimum Gasteiger partial charge on any atom is -0.289 e. The highest BCUT2D eigenvalue weighted by atomic mass is 79.9. The number of hydrogen-bond donors (Lipinski definition) is 0. The normalized spacial score (nSPS) is 10.9. The Kier molecular flexibility index (Phi) is 2.41. The number of benzene rings is 1. The van der Waals surface area contributed by atoms with Crippen LogP contribution in [0.25, 0.3) is 22.5 Å². The van der Waals surface area contributed by atoms with Gasteiger partial charge in [-0.15, -0.1) is 0 Å². The molecule has 0 radical (unpaired) electrons. The monoisotopic (exact) mass is 285 g/mol. The third-order valence-electron chi connectivity index (χ3n) is 2.71. The highest BCUT2D eigenvalue weighted by Crippen LogP contribution is 2.32. The average Bonchev–Trinajstić information content (AvgIpc) is 2.63. The van der Waals surface area contributed by atoms with E-state index < -0.39 is 0 Å². The SMILES string of the molecule is O=c1cccc2nc3ccc(Br)cccc-3c1-2. The molecule has 0 N–H and O–H groups in total. The van der Waals surface area contributed by atoms with E-state index in [1.807, 2.05) is 36.4 Å². The molecular weight excluding hydrogens is 278 g/mol. The van der Waals surface area contributed by atoms with Crippen LogP contribution in [0.4, 0.5) is 0 Å². The summed E-state index contributed by atoms with van der Waals surface area (Å²) in [7, 11) is 0. The van der Waals surface area contributed by atoms with Crippen LogP contribution >= 0.6 is 15.9 Å². The molecule has 1 heterocycles. The van der Waals surface area contributed by atoms with Crippen LogP contribution in [0.3, 0.4) is 0 Å². The molecule has 0 saturated carbocycles. The number of aromatic nitrogens is 1. The van der Waals surface area contributed by atoms with E-state index in [9.17, 15) is 4.79 Å². The van der Waals surface area contributed by atoms with Gasteiger partial charge in [-0.3, -0.25) is 4.79 Å². The van der Waals surface area contributed by atoms with Gasteiger partial charge < -0.3 is 0 Å². The summed E-state index contributed by atoms with van der Waals surface area (Å²) in [6.07, 6.45) is 0. The number of nitrogens with zero attached hydrogens (tertiary/aromatic N) is 1. The summed E-state index contributed by atoms with van der Waals surface area (Å²) >= 11 is 3.42. The van der Waals surface area contributed by atoms with Crippen LogP contribution in [0.5, 0.6) is 0 Å². The Hall–Kier alpha value is -1.74. The summed E-state index contributed by atoms with van der Waals surface area (Å²) < 4.78 is 0.980. The van der Waals surface area contributed by atoms with E-state index in [-0.39, 0.29) is 5.43 Å². The summed E-state index contributed by atoms with van der Waals surface area (Å²) in [5.41, 5.74) is 3.23. The topological polar surface area (TPSA) is 30.0 Å². The van der Waals surface area contributed by atoms with Crippen LogP contribution < -0.4 is 5.43 Å². The molecular formula is C14H8BrNO. The van der Waals surface area contributed by atoms with Crippen molar-refractivity contribution in [3.05, 3.63) is 63.2 Å². The number of halogens is 1.